The predicted molar refractivity (Wildman–Crippen MR) is 128 cm³/mol. The quantitative estimate of drug-likeness (QED) is 0.601. The van der Waals surface area contributed by atoms with Gasteiger partial charge in [-0.05, 0) is 62.9 Å². The second kappa shape index (κ2) is 10.9. The third-order valence-corrected chi connectivity index (χ3v) is 6.21. The summed E-state index contributed by atoms with van der Waals surface area (Å²) in [4.78, 5) is 28.7. The number of hydrogen-bond acceptors (Lipinski definition) is 5. The van der Waals surface area contributed by atoms with Crippen molar-refractivity contribution in [3.8, 4) is 11.5 Å². The van der Waals surface area contributed by atoms with Crippen LogP contribution in [0.15, 0.2) is 23.1 Å². The standard InChI is InChI=1S/C25H37N3O4/c1-17(2)15-28-16-21(19-13-22(31-4)23(32-5)14-20(19)25(28)30)24(29)26-9-6-10-27-11-7-18(3)8-12-27/h13-14,16-18H,6-12,15H2,1-5H3,(H,26,29). The highest BCUT2D eigenvalue weighted by molar-refractivity contribution is 6.07. The highest BCUT2D eigenvalue weighted by Gasteiger charge is 2.19. The summed E-state index contributed by atoms with van der Waals surface area (Å²) in [5.41, 5.74) is 0.346. The molecule has 1 N–H and O–H groups in total. The molecule has 1 fully saturated rings. The summed E-state index contributed by atoms with van der Waals surface area (Å²) >= 11 is 0. The molecule has 7 nitrogen and oxygen atoms in total. The zero-order valence-corrected chi connectivity index (χ0v) is 20.1. The largest absolute Gasteiger partial charge is 0.493 e. The van der Waals surface area contributed by atoms with Crippen molar-refractivity contribution in [2.45, 2.75) is 46.6 Å². The van der Waals surface area contributed by atoms with Crippen LogP contribution >= 0.6 is 0 Å². The average Bonchev–Trinajstić information content (AvgIpc) is 2.78. The van der Waals surface area contributed by atoms with Gasteiger partial charge in [-0.15, -0.1) is 0 Å². The lowest BCUT2D eigenvalue weighted by atomic mass is 9.99. The zero-order valence-electron chi connectivity index (χ0n) is 20.1. The van der Waals surface area contributed by atoms with E-state index < -0.39 is 0 Å². The van der Waals surface area contributed by atoms with Gasteiger partial charge in [0.05, 0.1) is 25.2 Å². The van der Waals surface area contributed by atoms with Crippen molar-refractivity contribution in [3.05, 3.63) is 34.2 Å². The van der Waals surface area contributed by atoms with E-state index in [1.165, 1.54) is 20.0 Å². The monoisotopic (exact) mass is 443 g/mol. The van der Waals surface area contributed by atoms with Crippen LogP contribution in [-0.4, -0.2) is 55.8 Å². The van der Waals surface area contributed by atoms with Crippen molar-refractivity contribution in [3.63, 3.8) is 0 Å². The smallest absolute Gasteiger partial charge is 0.258 e. The van der Waals surface area contributed by atoms with Gasteiger partial charge in [0, 0.05) is 24.7 Å². The Hall–Kier alpha value is -2.54. The van der Waals surface area contributed by atoms with E-state index >= 15 is 0 Å². The molecular weight excluding hydrogens is 406 g/mol. The molecule has 1 aliphatic heterocycles. The highest BCUT2D eigenvalue weighted by Crippen LogP contribution is 2.32. The summed E-state index contributed by atoms with van der Waals surface area (Å²) in [5, 5.41) is 4.09. The van der Waals surface area contributed by atoms with Crippen LogP contribution in [0.1, 0.15) is 50.4 Å². The summed E-state index contributed by atoms with van der Waals surface area (Å²) in [6, 6.07) is 3.39. The van der Waals surface area contributed by atoms with Gasteiger partial charge in [0.1, 0.15) is 0 Å². The molecule has 7 heteroatoms. The lowest BCUT2D eigenvalue weighted by Gasteiger charge is -2.30. The van der Waals surface area contributed by atoms with Crippen LogP contribution in [-0.2, 0) is 6.54 Å². The van der Waals surface area contributed by atoms with E-state index in [4.69, 9.17) is 9.47 Å². The fourth-order valence-corrected chi connectivity index (χ4v) is 4.31. The number of piperidine rings is 1. The number of fused-ring (bicyclic) bond motifs is 1. The van der Waals surface area contributed by atoms with E-state index in [0.717, 1.165) is 32.0 Å². The van der Waals surface area contributed by atoms with Crippen LogP contribution in [0.2, 0.25) is 0 Å². The first-order valence-electron chi connectivity index (χ1n) is 11.6. The summed E-state index contributed by atoms with van der Waals surface area (Å²) in [6.07, 6.45) is 5.08. The molecule has 0 atom stereocenters. The van der Waals surface area contributed by atoms with Crippen LogP contribution in [0.25, 0.3) is 10.8 Å². The lowest BCUT2D eigenvalue weighted by Crippen LogP contribution is -2.35. The van der Waals surface area contributed by atoms with Crippen molar-refractivity contribution < 1.29 is 14.3 Å². The number of hydrogen-bond donors (Lipinski definition) is 1. The second-order valence-corrected chi connectivity index (χ2v) is 9.28. The Kier molecular flexibility index (Phi) is 8.18. The molecule has 0 unspecified atom stereocenters. The van der Waals surface area contributed by atoms with Crippen LogP contribution in [0.5, 0.6) is 11.5 Å². The number of likely N-dealkylation sites (tertiary alicyclic amines) is 1. The van der Waals surface area contributed by atoms with E-state index in [1.54, 1.807) is 30.0 Å². The molecule has 3 rings (SSSR count). The van der Waals surface area contributed by atoms with Crippen LogP contribution < -0.4 is 20.3 Å². The van der Waals surface area contributed by atoms with Gasteiger partial charge in [0.25, 0.3) is 11.5 Å². The van der Waals surface area contributed by atoms with Crippen LogP contribution in [0.4, 0.5) is 0 Å². The number of ether oxygens (including phenoxy) is 2. The van der Waals surface area contributed by atoms with Crippen molar-refractivity contribution >= 4 is 16.7 Å². The third-order valence-electron chi connectivity index (χ3n) is 6.21. The van der Waals surface area contributed by atoms with Gasteiger partial charge < -0.3 is 24.3 Å². The Morgan fingerprint density at radius 1 is 1.12 bits per heavy atom. The molecule has 1 saturated heterocycles. The first-order chi connectivity index (χ1) is 15.3. The van der Waals surface area contributed by atoms with Gasteiger partial charge in [-0.25, -0.2) is 0 Å². The molecule has 0 bridgehead atoms. The third kappa shape index (κ3) is 5.63. The van der Waals surface area contributed by atoms with E-state index in [1.807, 2.05) is 13.8 Å². The van der Waals surface area contributed by atoms with Gasteiger partial charge in [-0.1, -0.05) is 20.8 Å². The van der Waals surface area contributed by atoms with E-state index in [0.29, 0.717) is 40.9 Å². The summed E-state index contributed by atoms with van der Waals surface area (Å²) < 4.78 is 12.4. The molecule has 176 valence electrons. The highest BCUT2D eigenvalue weighted by atomic mass is 16.5. The molecule has 1 aliphatic rings. The summed E-state index contributed by atoms with van der Waals surface area (Å²) in [5.74, 6) is 1.88. The SMILES string of the molecule is COc1cc2c(C(=O)NCCCN3CCC(C)CC3)cn(CC(C)C)c(=O)c2cc1OC. The minimum Gasteiger partial charge on any atom is -0.493 e. The molecule has 1 aromatic carbocycles. The van der Waals surface area contributed by atoms with E-state index in [2.05, 4.69) is 17.1 Å². The number of nitrogens with zero attached hydrogens (tertiary/aromatic N) is 2. The molecular formula is C25H37N3O4. The molecule has 0 radical (unpaired) electrons. The molecule has 0 spiro atoms. The maximum atomic E-state index is 13.1. The minimum absolute atomic E-state index is 0.134. The van der Waals surface area contributed by atoms with E-state index in [9.17, 15) is 9.59 Å². The van der Waals surface area contributed by atoms with Crippen molar-refractivity contribution in [1.29, 1.82) is 0 Å². The predicted octanol–water partition coefficient (Wildman–Crippen LogP) is 3.53. The molecule has 2 aromatic rings. The van der Waals surface area contributed by atoms with Gasteiger partial charge in [0.2, 0.25) is 0 Å². The molecule has 1 amide bonds. The maximum Gasteiger partial charge on any atom is 0.258 e. The number of benzene rings is 1. The van der Waals surface area contributed by atoms with E-state index in [-0.39, 0.29) is 17.4 Å². The number of methoxy groups -OCH3 is 2. The van der Waals surface area contributed by atoms with Gasteiger partial charge in [0.15, 0.2) is 11.5 Å². The van der Waals surface area contributed by atoms with Crippen molar-refractivity contribution in [2.75, 3.05) is 40.4 Å². The number of amides is 1. The fourth-order valence-electron chi connectivity index (χ4n) is 4.31. The van der Waals surface area contributed by atoms with Gasteiger partial charge in [-0.3, -0.25) is 9.59 Å². The van der Waals surface area contributed by atoms with Gasteiger partial charge >= 0.3 is 0 Å². The average molecular weight is 444 g/mol. The van der Waals surface area contributed by atoms with Crippen LogP contribution in [0.3, 0.4) is 0 Å². The number of nitrogens with one attached hydrogen (secondary N) is 1. The molecule has 0 aliphatic carbocycles. The minimum atomic E-state index is -0.174. The number of carbonyl (C=O) groups is 1. The van der Waals surface area contributed by atoms with Crippen molar-refractivity contribution in [2.24, 2.45) is 11.8 Å². The lowest BCUT2D eigenvalue weighted by molar-refractivity contribution is 0.0951. The Labute approximate surface area is 190 Å². The fraction of sp³-hybridized carbons (Fsp3) is 0.600. The van der Waals surface area contributed by atoms with Gasteiger partial charge in [-0.2, -0.15) is 0 Å². The second-order valence-electron chi connectivity index (χ2n) is 9.28. The molecule has 32 heavy (non-hydrogen) atoms. The summed E-state index contributed by atoms with van der Waals surface area (Å²) in [7, 11) is 3.08. The number of aromatic nitrogens is 1. The summed E-state index contributed by atoms with van der Waals surface area (Å²) in [6.45, 7) is 10.8. The number of pyridine rings is 1. The Morgan fingerprint density at radius 2 is 1.75 bits per heavy atom. The molecule has 1 aromatic heterocycles. The maximum absolute atomic E-state index is 13.1. The number of rotatable bonds is 9. The normalized spacial score (nSPS) is 15.3. The Balaban J connectivity index is 1.82. The molecule has 2 heterocycles. The molecule has 0 saturated carbocycles. The topological polar surface area (TPSA) is 72.8 Å². The first kappa shape index (κ1) is 24.1. The van der Waals surface area contributed by atoms with Crippen LogP contribution in [0, 0.1) is 11.8 Å². The van der Waals surface area contributed by atoms with Crippen molar-refractivity contribution in [1.82, 2.24) is 14.8 Å². The number of carbonyl (C=O) groups excluding carboxylic acids is 1. The Morgan fingerprint density at radius 3 is 2.34 bits per heavy atom. The first-order valence-corrected chi connectivity index (χ1v) is 11.6. The zero-order chi connectivity index (χ0) is 23.3. The Bertz CT molecular complexity index is 991.